The van der Waals surface area contributed by atoms with Gasteiger partial charge in [0.25, 0.3) is 5.62 Å². The molecule has 0 aliphatic carbocycles. The monoisotopic (exact) mass is 356 g/mol. The highest BCUT2D eigenvalue weighted by molar-refractivity contribution is 9.10. The number of nitrogens with one attached hydrogen (secondary N) is 1. The zero-order chi connectivity index (χ0) is 15.1. The number of aryl methyl sites for hydroxylation is 1. The molecular weight excluding hydrogens is 344 g/mol. The molecule has 0 saturated heterocycles. The van der Waals surface area contributed by atoms with Crippen LogP contribution in [0.2, 0.25) is 0 Å². The van der Waals surface area contributed by atoms with Crippen molar-refractivity contribution in [2.24, 2.45) is 4.99 Å². The second-order valence-corrected chi connectivity index (χ2v) is 5.94. The molecule has 0 amide bonds. The third-order valence-electron chi connectivity index (χ3n) is 3.64. The van der Waals surface area contributed by atoms with E-state index in [1.54, 1.807) is 6.20 Å². The molecule has 6 nitrogen and oxygen atoms in total. The van der Waals surface area contributed by atoms with Gasteiger partial charge in [0.15, 0.2) is 0 Å². The minimum absolute atomic E-state index is 0.451. The van der Waals surface area contributed by atoms with Crippen molar-refractivity contribution in [2.75, 3.05) is 11.9 Å². The van der Waals surface area contributed by atoms with Crippen LogP contribution in [-0.4, -0.2) is 26.1 Å². The average Bonchev–Trinajstić information content (AvgIpc) is 3.01. The van der Waals surface area contributed by atoms with Crippen LogP contribution < -0.4 is 10.9 Å². The molecule has 1 N–H and O–H groups in total. The smallest absolute Gasteiger partial charge is 0.251 e. The zero-order valence-corrected chi connectivity index (χ0v) is 13.5. The van der Waals surface area contributed by atoms with E-state index in [0.29, 0.717) is 5.62 Å². The van der Waals surface area contributed by atoms with E-state index in [9.17, 15) is 0 Å². The molecule has 22 heavy (non-hydrogen) atoms. The number of rotatable bonds is 1. The Balaban J connectivity index is 1.94. The van der Waals surface area contributed by atoms with Gasteiger partial charge in [-0.1, -0.05) is 0 Å². The second-order valence-electron chi connectivity index (χ2n) is 5.09. The van der Waals surface area contributed by atoms with Crippen LogP contribution >= 0.6 is 15.9 Å². The Bertz CT molecular complexity index is 901. The van der Waals surface area contributed by atoms with E-state index in [1.807, 2.05) is 31.3 Å². The third-order valence-corrected chi connectivity index (χ3v) is 4.25. The predicted molar refractivity (Wildman–Crippen MR) is 87.0 cm³/mol. The zero-order valence-electron chi connectivity index (χ0n) is 11.9. The number of anilines is 1. The highest BCUT2D eigenvalue weighted by Gasteiger charge is 2.19. The molecule has 3 aliphatic heterocycles. The number of hydrogen-bond acceptors (Lipinski definition) is 5. The third kappa shape index (κ3) is 2.18. The summed E-state index contributed by atoms with van der Waals surface area (Å²) in [6.45, 7) is 3.71. The molecule has 1 aromatic heterocycles. The molecule has 0 aromatic carbocycles. The summed E-state index contributed by atoms with van der Waals surface area (Å²) in [7, 11) is 0. The van der Waals surface area contributed by atoms with Crippen LogP contribution in [-0.2, 0) is 6.54 Å². The molecular formula is C15H13BrN6. The van der Waals surface area contributed by atoms with Crippen molar-refractivity contribution in [1.82, 2.24) is 19.5 Å². The first-order valence-corrected chi connectivity index (χ1v) is 7.78. The van der Waals surface area contributed by atoms with E-state index >= 15 is 0 Å². The molecule has 7 heteroatoms. The summed E-state index contributed by atoms with van der Waals surface area (Å²) in [6.07, 6.45) is 3.56. The molecule has 0 radical (unpaired) electrons. The van der Waals surface area contributed by atoms with Gasteiger partial charge in [-0.2, -0.15) is 4.98 Å². The summed E-state index contributed by atoms with van der Waals surface area (Å²) >= 11 is 3.58. The lowest BCUT2D eigenvalue weighted by Crippen LogP contribution is -2.17. The molecule has 0 saturated carbocycles. The standard InChI is InChI=1S/C15H13BrN6/c1-9-12(3-2-4-17-9)20-15-19-8-10-7-11(16)14-18-5-6-22(14)13(10)21-15/h2-4,7-8,18H,5-6H2,1H3. The van der Waals surface area contributed by atoms with Gasteiger partial charge in [0.2, 0.25) is 0 Å². The van der Waals surface area contributed by atoms with Gasteiger partial charge in [-0.05, 0) is 41.1 Å². The van der Waals surface area contributed by atoms with Crippen LogP contribution in [0.3, 0.4) is 0 Å². The minimum atomic E-state index is 0.451. The summed E-state index contributed by atoms with van der Waals surface area (Å²) in [5, 5.41) is 3.35. The van der Waals surface area contributed by atoms with Crippen molar-refractivity contribution in [1.29, 1.82) is 0 Å². The Morgan fingerprint density at radius 2 is 2.27 bits per heavy atom. The number of nitrogens with zero attached hydrogens (tertiary/aromatic N) is 5. The first-order chi connectivity index (χ1) is 10.7. The van der Waals surface area contributed by atoms with Gasteiger partial charge in [-0.25, -0.2) is 9.98 Å². The SMILES string of the molecule is Cc1ncccc1N=c1ncc2cc(Br)c3n(c-2n1)CCN3. The Hall–Kier alpha value is -2.28. The van der Waals surface area contributed by atoms with Crippen molar-refractivity contribution >= 4 is 27.4 Å². The van der Waals surface area contributed by atoms with Crippen LogP contribution in [0.5, 0.6) is 0 Å². The molecule has 110 valence electrons. The van der Waals surface area contributed by atoms with Crippen LogP contribution in [0.1, 0.15) is 5.69 Å². The first-order valence-electron chi connectivity index (χ1n) is 6.99. The molecule has 0 unspecified atom stereocenters. The fourth-order valence-electron chi connectivity index (χ4n) is 2.57. The van der Waals surface area contributed by atoms with E-state index in [0.717, 1.165) is 46.1 Å². The molecule has 0 fully saturated rings. The maximum atomic E-state index is 4.62. The van der Waals surface area contributed by atoms with Gasteiger partial charge in [0.05, 0.1) is 15.9 Å². The lowest BCUT2D eigenvalue weighted by molar-refractivity contribution is 0.778. The fourth-order valence-corrected chi connectivity index (χ4v) is 3.17. The summed E-state index contributed by atoms with van der Waals surface area (Å²) in [5.41, 5.74) is 3.09. The van der Waals surface area contributed by atoms with Crippen LogP contribution in [0, 0.1) is 6.92 Å². The number of aromatic nitrogens is 4. The largest absolute Gasteiger partial charge is 0.369 e. The minimum Gasteiger partial charge on any atom is -0.369 e. The molecule has 0 spiro atoms. The summed E-state index contributed by atoms with van der Waals surface area (Å²) in [5.74, 6) is 1.94. The maximum Gasteiger partial charge on any atom is 0.251 e. The molecule has 3 aliphatic rings. The maximum absolute atomic E-state index is 4.62. The van der Waals surface area contributed by atoms with Gasteiger partial charge in [0.1, 0.15) is 11.6 Å². The van der Waals surface area contributed by atoms with Crippen molar-refractivity contribution < 1.29 is 0 Å². The topological polar surface area (TPSA) is 68.0 Å². The van der Waals surface area contributed by atoms with Gasteiger partial charge in [-0.3, -0.25) is 4.98 Å². The van der Waals surface area contributed by atoms with Crippen LogP contribution in [0.15, 0.2) is 40.1 Å². The predicted octanol–water partition coefficient (Wildman–Crippen LogP) is 2.51. The van der Waals surface area contributed by atoms with E-state index < -0.39 is 0 Å². The van der Waals surface area contributed by atoms with Crippen LogP contribution in [0.4, 0.5) is 11.5 Å². The van der Waals surface area contributed by atoms with Crippen molar-refractivity contribution in [3.8, 4) is 11.4 Å². The van der Waals surface area contributed by atoms with Gasteiger partial charge in [-0.15, -0.1) is 0 Å². The molecule has 4 heterocycles. The molecule has 1 aromatic rings. The Morgan fingerprint density at radius 3 is 3.14 bits per heavy atom. The van der Waals surface area contributed by atoms with Crippen molar-refractivity contribution in [2.45, 2.75) is 13.5 Å². The summed E-state index contributed by atoms with van der Waals surface area (Å²) in [4.78, 5) is 17.7. The highest BCUT2D eigenvalue weighted by atomic mass is 79.9. The Kier molecular flexibility index (Phi) is 3.15. The van der Waals surface area contributed by atoms with E-state index in [1.165, 1.54) is 0 Å². The highest BCUT2D eigenvalue weighted by Crippen LogP contribution is 2.33. The quantitative estimate of drug-likeness (QED) is 0.727. The average molecular weight is 357 g/mol. The summed E-state index contributed by atoms with van der Waals surface area (Å²) in [6, 6.07) is 5.80. The van der Waals surface area contributed by atoms with Crippen molar-refractivity contribution in [3.05, 3.63) is 46.4 Å². The van der Waals surface area contributed by atoms with Crippen LogP contribution in [0.25, 0.3) is 11.4 Å². The Morgan fingerprint density at radius 1 is 1.36 bits per heavy atom. The lowest BCUT2D eigenvalue weighted by Gasteiger charge is -2.13. The number of fused-ring (bicyclic) bond motifs is 3. The van der Waals surface area contributed by atoms with Gasteiger partial charge < -0.3 is 9.88 Å². The molecule has 0 atom stereocenters. The Labute approximate surface area is 135 Å². The van der Waals surface area contributed by atoms with E-state index in [2.05, 4.69) is 45.8 Å². The van der Waals surface area contributed by atoms with Gasteiger partial charge in [0, 0.05) is 31.0 Å². The second kappa shape index (κ2) is 5.17. The van der Waals surface area contributed by atoms with E-state index in [-0.39, 0.29) is 0 Å². The van der Waals surface area contributed by atoms with E-state index in [4.69, 9.17) is 0 Å². The molecule has 0 bridgehead atoms. The normalized spacial score (nSPS) is 14.2. The summed E-state index contributed by atoms with van der Waals surface area (Å²) < 4.78 is 3.17. The van der Waals surface area contributed by atoms with Crippen molar-refractivity contribution in [3.63, 3.8) is 0 Å². The first kappa shape index (κ1) is 13.4. The van der Waals surface area contributed by atoms with Gasteiger partial charge >= 0.3 is 0 Å². The number of pyridine rings is 2. The lowest BCUT2D eigenvalue weighted by atomic mass is 10.2. The number of hydrogen-bond donors (Lipinski definition) is 1. The number of halogens is 1. The molecule has 4 rings (SSSR count). The fraction of sp³-hybridized carbons (Fsp3) is 0.200.